The van der Waals surface area contributed by atoms with Gasteiger partial charge in [-0.25, -0.2) is 0 Å². The average molecular weight is 326 g/mol. The van der Waals surface area contributed by atoms with Gasteiger partial charge < -0.3 is 19.5 Å². The van der Waals surface area contributed by atoms with E-state index in [1.54, 1.807) is 0 Å². The molecule has 0 bridgehead atoms. The number of ether oxygens (including phenoxy) is 3. The van der Waals surface area contributed by atoms with Crippen LogP contribution in [0.15, 0.2) is 30.3 Å². The van der Waals surface area contributed by atoms with Crippen LogP contribution in [0, 0.1) is 0 Å². The number of hydrogen-bond donors (Lipinski definition) is 1. The summed E-state index contributed by atoms with van der Waals surface area (Å²) >= 11 is 7.58. The summed E-state index contributed by atoms with van der Waals surface area (Å²) < 4.78 is 17.8. The largest absolute Gasteiger partial charge is 0.481 e. The average Bonchev–Trinajstić information content (AvgIpc) is 3.12. The van der Waals surface area contributed by atoms with E-state index in [9.17, 15) is 0 Å². The lowest BCUT2D eigenvalue weighted by Crippen LogP contribution is -2.15. The van der Waals surface area contributed by atoms with Crippen molar-refractivity contribution in [3.63, 3.8) is 0 Å². The van der Waals surface area contributed by atoms with Gasteiger partial charge in [0.1, 0.15) is 6.10 Å². The van der Waals surface area contributed by atoms with E-state index < -0.39 is 0 Å². The summed E-state index contributed by atoms with van der Waals surface area (Å²) in [6.45, 7) is 1.09. The van der Waals surface area contributed by atoms with E-state index in [0.29, 0.717) is 11.5 Å². The Bertz CT molecular complexity index is 617. The molecule has 2 aromatic rings. The minimum absolute atomic E-state index is 0.0642. The summed E-state index contributed by atoms with van der Waals surface area (Å²) in [4.78, 5) is 1.10. The van der Waals surface area contributed by atoms with Gasteiger partial charge in [-0.2, -0.15) is 0 Å². The van der Waals surface area contributed by atoms with Gasteiger partial charge in [-0.3, -0.25) is 0 Å². The SMILES string of the molecule is CNCC[C@H](Oc1cccc2c1OCO2)c1ccc(Cl)s1. The lowest BCUT2D eigenvalue weighted by Gasteiger charge is -2.18. The quantitative estimate of drug-likeness (QED) is 0.875. The summed E-state index contributed by atoms with van der Waals surface area (Å²) in [6, 6.07) is 9.58. The molecular formula is C15H16ClNO3S. The summed E-state index contributed by atoms with van der Waals surface area (Å²) in [5, 5.41) is 3.15. The third-order valence-electron chi connectivity index (χ3n) is 3.20. The van der Waals surface area contributed by atoms with Gasteiger partial charge in [0.2, 0.25) is 12.5 Å². The Morgan fingerprint density at radius 1 is 1.33 bits per heavy atom. The molecule has 1 aliphatic rings. The van der Waals surface area contributed by atoms with E-state index in [2.05, 4.69) is 5.32 Å². The Balaban J connectivity index is 1.83. The van der Waals surface area contributed by atoms with E-state index in [4.69, 9.17) is 25.8 Å². The molecule has 0 aliphatic carbocycles. The van der Waals surface area contributed by atoms with Crippen LogP contribution in [0.2, 0.25) is 4.34 Å². The molecule has 1 atom stereocenters. The first-order chi connectivity index (χ1) is 10.3. The first-order valence-corrected chi connectivity index (χ1v) is 7.92. The fraction of sp³-hybridized carbons (Fsp3) is 0.333. The van der Waals surface area contributed by atoms with Crippen LogP contribution in [0.4, 0.5) is 0 Å². The van der Waals surface area contributed by atoms with Crippen molar-refractivity contribution in [1.29, 1.82) is 0 Å². The number of nitrogens with one attached hydrogen (secondary N) is 1. The topological polar surface area (TPSA) is 39.7 Å². The molecule has 0 saturated heterocycles. The van der Waals surface area contributed by atoms with E-state index in [-0.39, 0.29) is 12.9 Å². The molecule has 1 aliphatic heterocycles. The molecule has 4 nitrogen and oxygen atoms in total. The van der Waals surface area contributed by atoms with Gasteiger partial charge in [-0.15, -0.1) is 11.3 Å². The zero-order valence-electron chi connectivity index (χ0n) is 11.6. The van der Waals surface area contributed by atoms with Crippen molar-refractivity contribution in [1.82, 2.24) is 5.32 Å². The Morgan fingerprint density at radius 2 is 2.24 bits per heavy atom. The molecule has 1 N–H and O–H groups in total. The number of fused-ring (bicyclic) bond motifs is 1. The highest BCUT2D eigenvalue weighted by Crippen LogP contribution is 2.43. The highest BCUT2D eigenvalue weighted by Gasteiger charge is 2.22. The molecule has 1 aromatic heterocycles. The predicted octanol–water partition coefficient (Wildman–Crippen LogP) is 3.86. The second kappa shape index (κ2) is 6.56. The monoisotopic (exact) mass is 325 g/mol. The third-order valence-corrected chi connectivity index (χ3v) is 4.52. The first kappa shape index (κ1) is 14.5. The van der Waals surface area contributed by atoms with Gasteiger partial charge in [0.15, 0.2) is 11.5 Å². The van der Waals surface area contributed by atoms with Gasteiger partial charge in [0.25, 0.3) is 0 Å². The fourth-order valence-corrected chi connectivity index (χ4v) is 3.31. The normalized spacial score (nSPS) is 14.2. The molecule has 21 heavy (non-hydrogen) atoms. The molecule has 3 rings (SSSR count). The molecule has 0 unspecified atom stereocenters. The predicted molar refractivity (Wildman–Crippen MR) is 83.8 cm³/mol. The number of para-hydroxylation sites is 1. The molecule has 112 valence electrons. The fourth-order valence-electron chi connectivity index (χ4n) is 2.19. The van der Waals surface area contributed by atoms with Gasteiger partial charge in [0, 0.05) is 11.3 Å². The first-order valence-electron chi connectivity index (χ1n) is 6.73. The lowest BCUT2D eigenvalue weighted by molar-refractivity contribution is 0.159. The van der Waals surface area contributed by atoms with Crippen LogP contribution < -0.4 is 19.5 Å². The number of benzene rings is 1. The van der Waals surface area contributed by atoms with Crippen molar-refractivity contribution < 1.29 is 14.2 Å². The van der Waals surface area contributed by atoms with Crippen LogP contribution in [0.5, 0.6) is 17.2 Å². The van der Waals surface area contributed by atoms with Crippen LogP contribution in [0.3, 0.4) is 0 Å². The molecular weight excluding hydrogens is 310 g/mol. The van der Waals surface area contributed by atoms with Crippen molar-refractivity contribution in [2.45, 2.75) is 12.5 Å². The molecule has 0 amide bonds. The number of thiophene rings is 1. The van der Waals surface area contributed by atoms with Gasteiger partial charge in [-0.05, 0) is 37.9 Å². The van der Waals surface area contributed by atoms with Crippen LogP contribution >= 0.6 is 22.9 Å². The molecule has 1 aromatic carbocycles. The van der Waals surface area contributed by atoms with Crippen molar-refractivity contribution >= 4 is 22.9 Å². The summed E-state index contributed by atoms with van der Waals surface area (Å²) in [6.07, 6.45) is 0.781. The standard InChI is InChI=1S/C15H16ClNO3S/c1-17-8-7-10(13-5-6-14(16)21-13)20-12-4-2-3-11-15(12)19-9-18-11/h2-6,10,17H,7-9H2,1H3/t10-/m0/s1. The second-order valence-electron chi connectivity index (χ2n) is 4.63. The molecule has 6 heteroatoms. The summed E-state index contributed by atoms with van der Waals surface area (Å²) in [5.74, 6) is 2.11. The maximum absolute atomic E-state index is 6.17. The van der Waals surface area contributed by atoms with Gasteiger partial charge >= 0.3 is 0 Å². The Hall–Kier alpha value is -1.43. The highest BCUT2D eigenvalue weighted by molar-refractivity contribution is 7.16. The van der Waals surface area contributed by atoms with Crippen LogP contribution in [-0.2, 0) is 0 Å². The number of halogens is 1. The summed E-state index contributed by atoms with van der Waals surface area (Å²) in [5.41, 5.74) is 0. The van der Waals surface area contributed by atoms with E-state index in [1.165, 1.54) is 11.3 Å². The number of hydrogen-bond acceptors (Lipinski definition) is 5. The van der Waals surface area contributed by atoms with E-state index in [1.807, 2.05) is 37.4 Å². The Kier molecular flexibility index (Phi) is 4.53. The number of rotatable bonds is 6. The molecule has 2 heterocycles. The zero-order chi connectivity index (χ0) is 14.7. The van der Waals surface area contributed by atoms with Gasteiger partial charge in [0.05, 0.1) is 4.34 Å². The summed E-state index contributed by atoms with van der Waals surface area (Å²) in [7, 11) is 1.93. The van der Waals surface area contributed by atoms with Crippen molar-refractivity contribution in [2.24, 2.45) is 0 Å². The second-order valence-corrected chi connectivity index (χ2v) is 6.38. The van der Waals surface area contributed by atoms with E-state index in [0.717, 1.165) is 27.9 Å². The smallest absolute Gasteiger partial charge is 0.231 e. The minimum Gasteiger partial charge on any atom is -0.481 e. The van der Waals surface area contributed by atoms with Crippen LogP contribution in [0.1, 0.15) is 17.4 Å². The van der Waals surface area contributed by atoms with Crippen molar-refractivity contribution in [3.8, 4) is 17.2 Å². The molecule has 0 spiro atoms. The van der Waals surface area contributed by atoms with Gasteiger partial charge in [-0.1, -0.05) is 17.7 Å². The zero-order valence-corrected chi connectivity index (χ0v) is 13.2. The Morgan fingerprint density at radius 3 is 3.00 bits per heavy atom. The van der Waals surface area contributed by atoms with E-state index >= 15 is 0 Å². The van der Waals surface area contributed by atoms with Crippen LogP contribution in [-0.4, -0.2) is 20.4 Å². The lowest BCUT2D eigenvalue weighted by atomic mass is 10.2. The van der Waals surface area contributed by atoms with Crippen molar-refractivity contribution in [2.75, 3.05) is 20.4 Å². The molecule has 0 fully saturated rings. The minimum atomic E-state index is -0.0642. The maximum atomic E-state index is 6.17. The third kappa shape index (κ3) is 3.26. The highest BCUT2D eigenvalue weighted by atomic mass is 35.5. The Labute approximate surface area is 132 Å². The molecule has 0 saturated carbocycles. The van der Waals surface area contributed by atoms with Crippen LogP contribution in [0.25, 0.3) is 0 Å². The van der Waals surface area contributed by atoms with Crippen molar-refractivity contribution in [3.05, 3.63) is 39.5 Å². The molecule has 0 radical (unpaired) electrons. The maximum Gasteiger partial charge on any atom is 0.231 e.